The zero-order valence-corrected chi connectivity index (χ0v) is 9.00. The van der Waals surface area contributed by atoms with Crippen LogP contribution in [0.3, 0.4) is 0 Å². The molecule has 74 valence electrons. The Labute approximate surface area is 76.4 Å². The van der Waals surface area contributed by atoms with Crippen LogP contribution in [0.5, 0.6) is 0 Å². The number of aromatic amines is 2. The van der Waals surface area contributed by atoms with Gasteiger partial charge in [0.25, 0.3) is 5.56 Å². The highest BCUT2D eigenvalue weighted by molar-refractivity contribution is 6.54. The van der Waals surface area contributed by atoms with Crippen LogP contribution in [0.25, 0.3) is 0 Å². The molecule has 0 unspecified atom stereocenters. The van der Waals surface area contributed by atoms with Crippen molar-refractivity contribution in [1.82, 2.24) is 9.97 Å². The van der Waals surface area contributed by atoms with Gasteiger partial charge in [0.05, 0.1) is 0 Å². The fourth-order valence-corrected chi connectivity index (χ4v) is 0.393. The number of aromatic nitrogens is 2. The average Bonchev–Trinajstić information content (AvgIpc) is 1.96. The Morgan fingerprint density at radius 1 is 1.31 bits per heavy atom. The number of halogens is 1. The Morgan fingerprint density at radius 3 is 2.08 bits per heavy atom. The zero-order chi connectivity index (χ0) is 10.4. The Hall–Kier alpha value is -1.17. The first-order chi connectivity index (χ1) is 5.93. The fourth-order valence-electron chi connectivity index (χ4n) is 0.393. The maximum Gasteiger partial charge on any atom is 0.325 e. The summed E-state index contributed by atoms with van der Waals surface area (Å²) in [5, 5.41) is 0. The molecule has 0 saturated heterocycles. The van der Waals surface area contributed by atoms with E-state index in [9.17, 15) is 14.0 Å². The molecule has 0 radical (unpaired) electrons. The monoisotopic (exact) mass is 204 g/mol. The van der Waals surface area contributed by atoms with Crippen LogP contribution >= 0.6 is 0 Å². The van der Waals surface area contributed by atoms with Crippen LogP contribution in [0.1, 0.15) is 0 Å². The summed E-state index contributed by atoms with van der Waals surface area (Å²) in [5.74, 6) is -0.991. The normalized spacial score (nSPS) is 9.31. The molecule has 13 heavy (non-hydrogen) atoms. The second-order valence-corrected chi connectivity index (χ2v) is 6.62. The Kier molecular flexibility index (Phi) is 4.98. The van der Waals surface area contributed by atoms with E-state index in [1.807, 2.05) is 4.98 Å². The van der Waals surface area contributed by atoms with Crippen molar-refractivity contribution in [2.24, 2.45) is 0 Å². The van der Waals surface area contributed by atoms with E-state index in [4.69, 9.17) is 0 Å². The highest BCUT2D eigenvalue weighted by Crippen LogP contribution is 1.74. The molecular weight excluding hydrogens is 191 g/mol. The number of nitrogens with one attached hydrogen (secondary N) is 2. The molecule has 0 amide bonds. The van der Waals surface area contributed by atoms with Gasteiger partial charge in [-0.25, -0.2) is 4.79 Å². The molecule has 0 aromatic carbocycles. The third-order valence-electron chi connectivity index (χ3n) is 0.774. The Morgan fingerprint density at radius 2 is 1.77 bits per heavy atom. The number of hydrogen-bond donors (Lipinski definition) is 2. The van der Waals surface area contributed by atoms with E-state index >= 15 is 0 Å². The SMILES string of the molecule is C[SiH](C)C.O=c1[nH]cc(F)c(=O)[nH]1. The van der Waals surface area contributed by atoms with E-state index in [2.05, 4.69) is 19.6 Å². The lowest BCUT2D eigenvalue weighted by molar-refractivity contribution is 0.597. The second kappa shape index (κ2) is 5.47. The van der Waals surface area contributed by atoms with Crippen LogP contribution < -0.4 is 11.2 Å². The Bertz CT molecular complexity index is 355. The first kappa shape index (κ1) is 11.8. The molecule has 0 aliphatic rings. The molecule has 0 fully saturated rings. The fraction of sp³-hybridized carbons (Fsp3) is 0.429. The van der Waals surface area contributed by atoms with E-state index in [1.165, 1.54) is 0 Å². The smallest absolute Gasteiger partial charge is 0.311 e. The van der Waals surface area contributed by atoms with E-state index in [1.54, 1.807) is 4.98 Å². The predicted octanol–water partition coefficient (Wildman–Crippen LogP) is 0.305. The van der Waals surface area contributed by atoms with E-state index in [0.717, 1.165) is 0 Å². The summed E-state index contributed by atoms with van der Waals surface area (Å²) < 4.78 is 12.0. The molecule has 1 aromatic rings. The first-order valence-corrected chi connectivity index (χ1v) is 7.37. The third-order valence-corrected chi connectivity index (χ3v) is 0.774. The van der Waals surface area contributed by atoms with Crippen molar-refractivity contribution >= 4 is 8.80 Å². The minimum atomic E-state index is -1.00. The van der Waals surface area contributed by atoms with Crippen molar-refractivity contribution in [1.29, 1.82) is 0 Å². The average molecular weight is 204 g/mol. The van der Waals surface area contributed by atoms with Crippen molar-refractivity contribution in [3.63, 3.8) is 0 Å². The van der Waals surface area contributed by atoms with Gasteiger partial charge in [-0.1, -0.05) is 19.6 Å². The van der Waals surface area contributed by atoms with Crippen LogP contribution in [-0.2, 0) is 0 Å². The lowest BCUT2D eigenvalue weighted by Crippen LogP contribution is -2.23. The maximum atomic E-state index is 12.0. The molecule has 4 nitrogen and oxygen atoms in total. The topological polar surface area (TPSA) is 65.7 Å². The third kappa shape index (κ3) is 6.03. The zero-order valence-electron chi connectivity index (χ0n) is 7.85. The van der Waals surface area contributed by atoms with Gasteiger partial charge in [0, 0.05) is 15.0 Å². The van der Waals surface area contributed by atoms with Gasteiger partial charge >= 0.3 is 5.69 Å². The summed E-state index contributed by atoms with van der Waals surface area (Å²) in [5.41, 5.74) is -1.71. The molecule has 6 heteroatoms. The van der Waals surface area contributed by atoms with E-state index in [-0.39, 0.29) is 8.80 Å². The minimum Gasteiger partial charge on any atom is -0.311 e. The maximum absolute atomic E-state index is 12.0. The van der Waals surface area contributed by atoms with Crippen molar-refractivity contribution in [2.75, 3.05) is 0 Å². The van der Waals surface area contributed by atoms with Gasteiger partial charge in [0.15, 0.2) is 0 Å². The van der Waals surface area contributed by atoms with E-state index in [0.29, 0.717) is 6.20 Å². The molecular formula is C7H13FN2O2Si. The van der Waals surface area contributed by atoms with Gasteiger partial charge in [-0.05, 0) is 0 Å². The largest absolute Gasteiger partial charge is 0.325 e. The van der Waals surface area contributed by atoms with Crippen molar-refractivity contribution in [3.8, 4) is 0 Å². The van der Waals surface area contributed by atoms with Gasteiger partial charge in [-0.15, -0.1) is 0 Å². The lowest BCUT2D eigenvalue weighted by Gasteiger charge is -1.81. The minimum absolute atomic E-state index is 0.139. The van der Waals surface area contributed by atoms with Crippen LogP contribution in [0.2, 0.25) is 19.6 Å². The van der Waals surface area contributed by atoms with Crippen molar-refractivity contribution in [2.45, 2.75) is 19.6 Å². The molecule has 0 aliphatic heterocycles. The molecule has 0 spiro atoms. The summed E-state index contributed by atoms with van der Waals surface area (Å²) >= 11 is 0. The molecule has 0 saturated carbocycles. The van der Waals surface area contributed by atoms with Gasteiger partial charge in [0.2, 0.25) is 5.82 Å². The summed E-state index contributed by atoms with van der Waals surface area (Å²) in [7, 11) is -0.139. The van der Waals surface area contributed by atoms with Crippen LogP contribution in [-0.4, -0.2) is 18.8 Å². The van der Waals surface area contributed by atoms with E-state index < -0.39 is 17.1 Å². The molecule has 1 heterocycles. The van der Waals surface area contributed by atoms with Crippen molar-refractivity contribution < 1.29 is 4.39 Å². The highest BCUT2D eigenvalue weighted by Gasteiger charge is 1.93. The molecule has 1 aromatic heterocycles. The molecule has 0 atom stereocenters. The number of H-pyrrole nitrogens is 2. The van der Waals surface area contributed by atoms with Gasteiger partial charge < -0.3 is 4.98 Å². The van der Waals surface area contributed by atoms with Crippen LogP contribution in [0, 0.1) is 5.82 Å². The molecule has 1 rings (SSSR count). The number of hydrogen-bond acceptors (Lipinski definition) is 2. The second-order valence-electron chi connectivity index (χ2n) is 3.15. The van der Waals surface area contributed by atoms with Crippen LogP contribution in [0.4, 0.5) is 4.39 Å². The standard InChI is InChI=1S/C4H3FN2O2.C3H10Si/c5-2-1-6-4(9)7-3(2)8;1-4(2)3/h1H,(H2,6,7,8,9);4H,1-3H3. The molecule has 0 bridgehead atoms. The summed E-state index contributed by atoms with van der Waals surface area (Å²) in [4.78, 5) is 24.0. The lowest BCUT2D eigenvalue weighted by atomic mass is 10.6. The number of rotatable bonds is 0. The summed E-state index contributed by atoms with van der Waals surface area (Å²) in [6.07, 6.45) is 0.709. The predicted molar refractivity (Wildman–Crippen MR) is 52.4 cm³/mol. The quantitative estimate of drug-likeness (QED) is 0.597. The van der Waals surface area contributed by atoms with Gasteiger partial charge in [0.1, 0.15) is 0 Å². The summed E-state index contributed by atoms with van der Waals surface area (Å²) in [6.45, 7) is 6.92. The van der Waals surface area contributed by atoms with Gasteiger partial charge in [-0.3, -0.25) is 9.78 Å². The highest BCUT2D eigenvalue weighted by atomic mass is 28.3. The summed E-state index contributed by atoms with van der Waals surface area (Å²) in [6, 6.07) is 0. The van der Waals surface area contributed by atoms with Crippen molar-refractivity contribution in [3.05, 3.63) is 32.9 Å². The first-order valence-electron chi connectivity index (χ1n) is 3.91. The molecule has 0 aliphatic carbocycles. The Balaban J connectivity index is 0.000000310. The molecule has 2 N–H and O–H groups in total. The van der Waals surface area contributed by atoms with Crippen LogP contribution in [0.15, 0.2) is 15.8 Å². The van der Waals surface area contributed by atoms with Gasteiger partial charge in [-0.2, -0.15) is 4.39 Å².